The normalized spacial score (nSPS) is 12.7. The van der Waals surface area contributed by atoms with Crippen LogP contribution in [0.2, 0.25) is 0 Å². The van der Waals surface area contributed by atoms with E-state index in [0.29, 0.717) is 58.3 Å². The molecule has 0 aliphatic carbocycles. The standard InChI is InChI=1S/C25H23N5O5/c1-14(2)29-24-19(13-26-29)18(25(31)27-17-6-4-15(3)21(11-17)30(32)33)12-20(28-24)16-5-7-22-23(10-16)35-9-8-34-22/h4-7,10-14H,8-9H2,1-3H3,(H,27,31). The molecule has 1 aliphatic heterocycles. The van der Waals surface area contributed by atoms with Crippen LogP contribution in [0.25, 0.3) is 22.3 Å². The zero-order valence-electron chi connectivity index (χ0n) is 19.4. The van der Waals surface area contributed by atoms with Crippen LogP contribution in [-0.4, -0.2) is 38.8 Å². The molecule has 0 unspecified atom stereocenters. The average molecular weight is 473 g/mol. The van der Waals surface area contributed by atoms with E-state index in [4.69, 9.17) is 14.5 Å². The van der Waals surface area contributed by atoms with Gasteiger partial charge in [0.05, 0.1) is 27.8 Å². The fourth-order valence-electron chi connectivity index (χ4n) is 4.02. The number of hydrogen-bond donors (Lipinski definition) is 1. The number of carbonyl (C=O) groups is 1. The molecular weight excluding hydrogens is 450 g/mol. The van der Waals surface area contributed by atoms with Gasteiger partial charge in [-0.2, -0.15) is 5.10 Å². The van der Waals surface area contributed by atoms with Crippen LogP contribution in [0.3, 0.4) is 0 Å². The van der Waals surface area contributed by atoms with Gasteiger partial charge in [0.1, 0.15) is 13.2 Å². The summed E-state index contributed by atoms with van der Waals surface area (Å²) < 4.78 is 13.1. The minimum Gasteiger partial charge on any atom is -0.486 e. The van der Waals surface area contributed by atoms with Crippen LogP contribution in [0.15, 0.2) is 48.7 Å². The summed E-state index contributed by atoms with van der Waals surface area (Å²) in [7, 11) is 0. The smallest absolute Gasteiger partial charge is 0.274 e. The lowest BCUT2D eigenvalue weighted by molar-refractivity contribution is -0.385. The number of nitro benzene ring substituents is 1. The molecule has 0 atom stereocenters. The third-order valence-electron chi connectivity index (χ3n) is 5.80. The minimum atomic E-state index is -0.470. The molecule has 0 fully saturated rings. The highest BCUT2D eigenvalue weighted by Gasteiger charge is 2.21. The van der Waals surface area contributed by atoms with Crippen molar-refractivity contribution in [3.05, 3.63) is 69.9 Å². The summed E-state index contributed by atoms with van der Waals surface area (Å²) in [4.78, 5) is 29.1. The fourth-order valence-corrected chi connectivity index (χ4v) is 4.02. The first-order valence-electron chi connectivity index (χ1n) is 11.2. The molecule has 0 spiro atoms. The molecule has 2 aromatic carbocycles. The summed E-state index contributed by atoms with van der Waals surface area (Å²) in [5, 5.41) is 19.1. The predicted molar refractivity (Wildman–Crippen MR) is 130 cm³/mol. The van der Waals surface area contributed by atoms with Crippen molar-refractivity contribution < 1.29 is 19.2 Å². The van der Waals surface area contributed by atoms with Crippen LogP contribution < -0.4 is 14.8 Å². The summed E-state index contributed by atoms with van der Waals surface area (Å²) >= 11 is 0. The number of carbonyl (C=O) groups excluding carboxylic acids is 1. The number of pyridine rings is 1. The lowest BCUT2D eigenvalue weighted by Crippen LogP contribution is -2.15. The van der Waals surface area contributed by atoms with E-state index in [2.05, 4.69) is 10.4 Å². The van der Waals surface area contributed by atoms with Gasteiger partial charge in [-0.25, -0.2) is 9.67 Å². The van der Waals surface area contributed by atoms with Crippen LogP contribution in [0, 0.1) is 17.0 Å². The van der Waals surface area contributed by atoms with Crippen molar-refractivity contribution in [2.45, 2.75) is 26.8 Å². The molecule has 10 heteroatoms. The Bertz CT molecular complexity index is 1480. The van der Waals surface area contributed by atoms with E-state index in [1.807, 2.05) is 32.0 Å². The highest BCUT2D eigenvalue weighted by Crippen LogP contribution is 2.35. The second kappa shape index (κ2) is 8.71. The number of anilines is 1. The van der Waals surface area contributed by atoms with E-state index < -0.39 is 10.8 Å². The Labute approximate surface area is 200 Å². The van der Waals surface area contributed by atoms with Crippen LogP contribution in [0.4, 0.5) is 11.4 Å². The maximum Gasteiger partial charge on any atom is 0.274 e. The molecule has 1 aliphatic rings. The number of fused-ring (bicyclic) bond motifs is 2. The summed E-state index contributed by atoms with van der Waals surface area (Å²) in [6.45, 7) is 6.56. The van der Waals surface area contributed by atoms with Crippen LogP contribution >= 0.6 is 0 Å². The van der Waals surface area contributed by atoms with Gasteiger partial charge in [-0.05, 0) is 51.1 Å². The van der Waals surface area contributed by atoms with E-state index in [1.54, 1.807) is 36.0 Å². The van der Waals surface area contributed by atoms with Gasteiger partial charge < -0.3 is 14.8 Å². The number of aromatic nitrogens is 3. The van der Waals surface area contributed by atoms with Gasteiger partial charge in [-0.3, -0.25) is 14.9 Å². The number of amides is 1. The number of nitrogens with one attached hydrogen (secondary N) is 1. The zero-order valence-corrected chi connectivity index (χ0v) is 19.4. The zero-order chi connectivity index (χ0) is 24.7. The van der Waals surface area contributed by atoms with Gasteiger partial charge in [-0.15, -0.1) is 0 Å². The first kappa shape index (κ1) is 22.3. The Kier molecular flexibility index (Phi) is 5.56. The lowest BCUT2D eigenvalue weighted by Gasteiger charge is -2.19. The third-order valence-corrected chi connectivity index (χ3v) is 5.80. The molecule has 178 valence electrons. The minimum absolute atomic E-state index is 0.0196. The number of hydrogen-bond acceptors (Lipinski definition) is 7. The molecule has 10 nitrogen and oxygen atoms in total. The van der Waals surface area contributed by atoms with Crippen LogP contribution in [-0.2, 0) is 0 Å². The monoisotopic (exact) mass is 473 g/mol. The molecule has 0 saturated carbocycles. The molecule has 0 radical (unpaired) electrons. The molecule has 0 saturated heterocycles. The highest BCUT2D eigenvalue weighted by molar-refractivity contribution is 6.12. The molecule has 5 rings (SSSR count). The van der Waals surface area contributed by atoms with Crippen LogP contribution in [0.1, 0.15) is 35.8 Å². The summed E-state index contributed by atoms with van der Waals surface area (Å²) in [6.07, 6.45) is 1.61. The predicted octanol–water partition coefficient (Wildman–Crippen LogP) is 4.92. The van der Waals surface area contributed by atoms with Crippen molar-refractivity contribution >= 4 is 28.3 Å². The molecule has 2 aromatic heterocycles. The van der Waals surface area contributed by atoms with E-state index in [-0.39, 0.29) is 11.7 Å². The van der Waals surface area contributed by atoms with Gasteiger partial charge in [0.25, 0.3) is 11.6 Å². The van der Waals surface area contributed by atoms with Gasteiger partial charge in [0.2, 0.25) is 0 Å². The molecule has 1 N–H and O–H groups in total. The average Bonchev–Trinajstić information content (AvgIpc) is 3.28. The maximum atomic E-state index is 13.4. The Morgan fingerprint density at radius 2 is 1.89 bits per heavy atom. The van der Waals surface area contributed by atoms with Crippen molar-refractivity contribution in [3.63, 3.8) is 0 Å². The summed E-state index contributed by atoms with van der Waals surface area (Å²) in [5.41, 5.74) is 3.02. The Balaban J connectivity index is 1.60. The number of nitro groups is 1. The molecule has 3 heterocycles. The maximum absolute atomic E-state index is 13.4. The Morgan fingerprint density at radius 3 is 2.63 bits per heavy atom. The van der Waals surface area contributed by atoms with E-state index in [1.165, 1.54) is 6.07 Å². The fraction of sp³-hybridized carbons (Fsp3) is 0.240. The largest absolute Gasteiger partial charge is 0.486 e. The SMILES string of the molecule is Cc1ccc(NC(=O)c2cc(-c3ccc4c(c3)OCCO4)nc3c2cnn3C(C)C)cc1[N+](=O)[O-]. The Morgan fingerprint density at radius 1 is 1.11 bits per heavy atom. The molecular formula is C25H23N5O5. The van der Waals surface area contributed by atoms with E-state index in [0.717, 1.165) is 5.56 Å². The molecule has 1 amide bonds. The van der Waals surface area contributed by atoms with Gasteiger partial charge in [0, 0.05) is 28.9 Å². The molecule has 35 heavy (non-hydrogen) atoms. The number of aryl methyl sites for hydroxylation is 1. The first-order valence-corrected chi connectivity index (χ1v) is 11.2. The van der Waals surface area contributed by atoms with Crippen LogP contribution in [0.5, 0.6) is 11.5 Å². The van der Waals surface area contributed by atoms with Crippen molar-refractivity contribution in [1.82, 2.24) is 14.8 Å². The second-order valence-electron chi connectivity index (χ2n) is 8.55. The summed E-state index contributed by atoms with van der Waals surface area (Å²) in [5.74, 6) is 0.857. The Hall–Kier alpha value is -4.47. The number of ether oxygens (including phenoxy) is 2. The molecule has 4 aromatic rings. The number of benzene rings is 2. The van der Waals surface area contributed by atoms with E-state index in [9.17, 15) is 14.9 Å². The van der Waals surface area contributed by atoms with E-state index >= 15 is 0 Å². The second-order valence-corrected chi connectivity index (χ2v) is 8.55. The first-order chi connectivity index (χ1) is 16.8. The number of rotatable bonds is 5. The van der Waals surface area contributed by atoms with Crippen molar-refractivity contribution in [2.75, 3.05) is 18.5 Å². The van der Waals surface area contributed by atoms with Crippen molar-refractivity contribution in [2.24, 2.45) is 0 Å². The van der Waals surface area contributed by atoms with Crippen molar-refractivity contribution in [3.8, 4) is 22.8 Å². The summed E-state index contributed by atoms with van der Waals surface area (Å²) in [6, 6.07) is 11.8. The highest BCUT2D eigenvalue weighted by atomic mass is 16.6. The lowest BCUT2D eigenvalue weighted by atomic mass is 10.1. The quantitative estimate of drug-likeness (QED) is 0.322. The number of nitrogens with zero attached hydrogens (tertiary/aromatic N) is 4. The third kappa shape index (κ3) is 4.14. The topological polar surface area (TPSA) is 121 Å². The van der Waals surface area contributed by atoms with Gasteiger partial charge in [0.15, 0.2) is 17.1 Å². The van der Waals surface area contributed by atoms with Gasteiger partial charge in [-0.1, -0.05) is 6.07 Å². The van der Waals surface area contributed by atoms with Crippen molar-refractivity contribution in [1.29, 1.82) is 0 Å². The van der Waals surface area contributed by atoms with Gasteiger partial charge >= 0.3 is 0 Å². The molecule has 0 bridgehead atoms.